The van der Waals surface area contributed by atoms with Crippen LogP contribution in [0.5, 0.6) is 0 Å². The molecule has 172 valence electrons. The molecule has 0 saturated carbocycles. The van der Waals surface area contributed by atoms with Crippen molar-refractivity contribution in [2.24, 2.45) is 0 Å². The van der Waals surface area contributed by atoms with E-state index in [1.54, 1.807) is 36.4 Å². The number of anilines is 1. The average Bonchev–Trinajstić information content (AvgIpc) is 2.78. The van der Waals surface area contributed by atoms with E-state index in [-0.39, 0.29) is 29.3 Å². The molecule has 0 spiro atoms. The Bertz CT molecular complexity index is 1230. The van der Waals surface area contributed by atoms with Gasteiger partial charge >= 0.3 is 0 Å². The third-order valence-electron chi connectivity index (χ3n) is 4.89. The lowest BCUT2D eigenvalue weighted by molar-refractivity contribution is -0.114. The number of benzene rings is 3. The molecule has 3 aromatic rings. The van der Waals surface area contributed by atoms with Crippen molar-refractivity contribution in [1.29, 1.82) is 0 Å². The fraction of sp³-hybridized carbons (Fsp3) is 0.167. The number of rotatable bonds is 8. The van der Waals surface area contributed by atoms with Crippen LogP contribution in [0.25, 0.3) is 0 Å². The van der Waals surface area contributed by atoms with Crippen LogP contribution in [0.4, 0.5) is 5.69 Å². The maximum Gasteiger partial charge on any atom is 0.251 e. The first-order valence-electron chi connectivity index (χ1n) is 10.2. The molecule has 0 aliphatic rings. The van der Waals surface area contributed by atoms with E-state index in [9.17, 15) is 18.0 Å². The van der Waals surface area contributed by atoms with Crippen LogP contribution in [0.1, 0.15) is 41.4 Å². The minimum atomic E-state index is -3.73. The third kappa shape index (κ3) is 6.89. The molecule has 1 unspecified atom stereocenters. The summed E-state index contributed by atoms with van der Waals surface area (Å²) in [6, 6.07) is 19.6. The molecule has 0 heterocycles. The minimum Gasteiger partial charge on any atom is -0.346 e. The number of carbonyl (C=O) groups is 2. The fourth-order valence-electron chi connectivity index (χ4n) is 3.07. The molecule has 3 N–H and O–H groups in total. The number of halogens is 1. The standard InChI is InChI=1S/C24H24ClN3O4S/c1-16(19-7-9-21(25)10-8-19)27-24(30)20-5-3-18(4-6-20)15-26-33(31,32)23-13-11-22(12-14-23)28-17(2)29/h3-14,16,26H,15H2,1-2H3,(H,27,30)(H,28,29). The summed E-state index contributed by atoms with van der Waals surface area (Å²) in [7, 11) is -3.73. The highest BCUT2D eigenvalue weighted by molar-refractivity contribution is 7.89. The summed E-state index contributed by atoms with van der Waals surface area (Å²) >= 11 is 5.90. The molecule has 0 bridgehead atoms. The summed E-state index contributed by atoms with van der Waals surface area (Å²) < 4.78 is 27.6. The van der Waals surface area contributed by atoms with Gasteiger partial charge in [0.25, 0.3) is 5.91 Å². The Morgan fingerprint density at radius 2 is 1.52 bits per heavy atom. The summed E-state index contributed by atoms with van der Waals surface area (Å²) in [6.45, 7) is 3.33. The summed E-state index contributed by atoms with van der Waals surface area (Å²) in [5.41, 5.74) is 2.62. The zero-order valence-electron chi connectivity index (χ0n) is 18.1. The number of hydrogen-bond donors (Lipinski definition) is 3. The van der Waals surface area contributed by atoms with Gasteiger partial charge in [0.1, 0.15) is 0 Å². The van der Waals surface area contributed by atoms with Crippen LogP contribution in [0, 0.1) is 0 Å². The highest BCUT2D eigenvalue weighted by Gasteiger charge is 2.15. The Morgan fingerprint density at radius 1 is 0.909 bits per heavy atom. The van der Waals surface area contributed by atoms with Gasteiger partial charge in [0, 0.05) is 29.7 Å². The van der Waals surface area contributed by atoms with Crippen molar-refractivity contribution in [3.8, 4) is 0 Å². The van der Waals surface area contributed by atoms with E-state index in [2.05, 4.69) is 15.4 Å². The summed E-state index contributed by atoms with van der Waals surface area (Å²) in [4.78, 5) is 23.7. The van der Waals surface area contributed by atoms with Crippen LogP contribution in [-0.2, 0) is 21.4 Å². The van der Waals surface area contributed by atoms with Gasteiger partial charge in [-0.2, -0.15) is 0 Å². The van der Waals surface area contributed by atoms with Crippen LogP contribution < -0.4 is 15.4 Å². The SMILES string of the molecule is CC(=O)Nc1ccc(S(=O)(=O)NCc2ccc(C(=O)NC(C)c3ccc(Cl)cc3)cc2)cc1. The van der Waals surface area contributed by atoms with Crippen molar-refractivity contribution in [2.75, 3.05) is 5.32 Å². The first-order valence-corrected chi connectivity index (χ1v) is 12.0. The molecule has 0 saturated heterocycles. The van der Waals surface area contributed by atoms with Crippen molar-refractivity contribution in [3.63, 3.8) is 0 Å². The highest BCUT2D eigenvalue weighted by atomic mass is 35.5. The molecule has 0 aliphatic heterocycles. The van der Waals surface area contributed by atoms with Crippen LogP contribution in [-0.4, -0.2) is 20.2 Å². The van der Waals surface area contributed by atoms with Gasteiger partial charge in [0.05, 0.1) is 10.9 Å². The Balaban J connectivity index is 1.58. The zero-order chi connectivity index (χ0) is 24.0. The van der Waals surface area contributed by atoms with Crippen LogP contribution in [0.15, 0.2) is 77.7 Å². The molecule has 2 amide bonds. The van der Waals surface area contributed by atoms with Gasteiger partial charge in [0.15, 0.2) is 0 Å². The van der Waals surface area contributed by atoms with Crippen molar-refractivity contribution in [2.45, 2.75) is 31.3 Å². The monoisotopic (exact) mass is 485 g/mol. The predicted octanol–water partition coefficient (Wildman–Crippen LogP) is 4.27. The number of sulfonamides is 1. The Morgan fingerprint density at radius 3 is 2.09 bits per heavy atom. The lowest BCUT2D eigenvalue weighted by Gasteiger charge is -2.15. The van der Waals surface area contributed by atoms with Crippen molar-refractivity contribution < 1.29 is 18.0 Å². The van der Waals surface area contributed by atoms with Gasteiger partial charge in [-0.05, 0) is 66.6 Å². The second-order valence-electron chi connectivity index (χ2n) is 7.47. The van der Waals surface area contributed by atoms with Crippen molar-refractivity contribution >= 4 is 39.1 Å². The van der Waals surface area contributed by atoms with E-state index < -0.39 is 10.0 Å². The molecule has 0 aromatic heterocycles. The van der Waals surface area contributed by atoms with Crippen LogP contribution in [0.2, 0.25) is 5.02 Å². The maximum absolute atomic E-state index is 12.5. The minimum absolute atomic E-state index is 0.0683. The van der Waals surface area contributed by atoms with Gasteiger partial charge in [-0.1, -0.05) is 35.9 Å². The highest BCUT2D eigenvalue weighted by Crippen LogP contribution is 2.17. The number of hydrogen-bond acceptors (Lipinski definition) is 4. The quantitative estimate of drug-likeness (QED) is 0.443. The van der Waals surface area contributed by atoms with Crippen molar-refractivity contribution in [1.82, 2.24) is 10.0 Å². The van der Waals surface area contributed by atoms with Gasteiger partial charge in [0.2, 0.25) is 15.9 Å². The molecule has 0 fully saturated rings. The Kier molecular flexibility index (Phi) is 7.86. The lowest BCUT2D eigenvalue weighted by Crippen LogP contribution is -2.26. The van der Waals surface area contributed by atoms with Crippen LogP contribution >= 0.6 is 11.6 Å². The Labute approximate surface area is 198 Å². The summed E-state index contributed by atoms with van der Waals surface area (Å²) in [5, 5.41) is 6.14. The van der Waals surface area contributed by atoms with Gasteiger partial charge in [-0.15, -0.1) is 0 Å². The van der Waals surface area contributed by atoms with Crippen LogP contribution in [0.3, 0.4) is 0 Å². The first-order chi connectivity index (χ1) is 15.6. The molecule has 0 radical (unpaired) electrons. The first kappa shape index (κ1) is 24.4. The van der Waals surface area contributed by atoms with Gasteiger partial charge < -0.3 is 10.6 Å². The third-order valence-corrected chi connectivity index (χ3v) is 6.55. The largest absolute Gasteiger partial charge is 0.346 e. The molecular weight excluding hydrogens is 462 g/mol. The molecular formula is C24H24ClN3O4S. The van der Waals surface area contributed by atoms with E-state index in [0.29, 0.717) is 21.8 Å². The smallest absolute Gasteiger partial charge is 0.251 e. The van der Waals surface area contributed by atoms with E-state index in [1.165, 1.54) is 31.2 Å². The number of carbonyl (C=O) groups excluding carboxylic acids is 2. The Hall–Kier alpha value is -3.20. The van der Waals surface area contributed by atoms with Gasteiger partial charge in [-0.25, -0.2) is 13.1 Å². The van der Waals surface area contributed by atoms with E-state index >= 15 is 0 Å². The fourth-order valence-corrected chi connectivity index (χ4v) is 4.21. The summed E-state index contributed by atoms with van der Waals surface area (Å²) in [5.74, 6) is -0.468. The normalized spacial score (nSPS) is 12.1. The van der Waals surface area contributed by atoms with E-state index in [0.717, 1.165) is 5.56 Å². The van der Waals surface area contributed by atoms with Crippen molar-refractivity contribution in [3.05, 3.63) is 94.5 Å². The molecule has 9 heteroatoms. The van der Waals surface area contributed by atoms with Gasteiger partial charge in [-0.3, -0.25) is 9.59 Å². The summed E-state index contributed by atoms with van der Waals surface area (Å²) in [6.07, 6.45) is 0. The molecule has 3 aromatic carbocycles. The maximum atomic E-state index is 12.5. The lowest BCUT2D eigenvalue weighted by atomic mass is 10.1. The topological polar surface area (TPSA) is 104 Å². The predicted molar refractivity (Wildman–Crippen MR) is 129 cm³/mol. The van der Waals surface area contributed by atoms with E-state index in [4.69, 9.17) is 11.6 Å². The molecule has 3 rings (SSSR count). The number of nitrogens with one attached hydrogen (secondary N) is 3. The average molecular weight is 486 g/mol. The molecule has 1 atom stereocenters. The molecule has 7 nitrogen and oxygen atoms in total. The molecule has 33 heavy (non-hydrogen) atoms. The number of amides is 2. The van der Waals surface area contributed by atoms with E-state index in [1.807, 2.05) is 19.1 Å². The zero-order valence-corrected chi connectivity index (χ0v) is 19.7. The molecule has 0 aliphatic carbocycles. The second kappa shape index (κ2) is 10.6. The second-order valence-corrected chi connectivity index (χ2v) is 9.68.